The zero-order valence-corrected chi connectivity index (χ0v) is 19.8. The minimum absolute atomic E-state index is 0.00160. The maximum atomic E-state index is 12.8. The van der Waals surface area contributed by atoms with E-state index >= 15 is 0 Å². The van der Waals surface area contributed by atoms with E-state index < -0.39 is 16.6 Å². The van der Waals surface area contributed by atoms with Gasteiger partial charge in [0.2, 0.25) is 0 Å². The Bertz CT molecular complexity index is 904. The second-order valence-corrected chi connectivity index (χ2v) is 9.36. The van der Waals surface area contributed by atoms with Crippen LogP contribution in [0, 0.1) is 5.82 Å². The van der Waals surface area contributed by atoms with Crippen molar-refractivity contribution < 1.29 is 18.4 Å². The molecular formula is C24H34FN3O3S. The number of hydrogen-bond donors (Lipinski definition) is 3. The fraction of sp³-hybridized carbons (Fsp3) is 0.458. The number of nitrogens with one attached hydrogen (secondary N) is 1. The summed E-state index contributed by atoms with van der Waals surface area (Å²) >= 11 is 0. The van der Waals surface area contributed by atoms with E-state index in [1.54, 1.807) is 18.2 Å². The maximum absolute atomic E-state index is 12.8. The molecule has 176 valence electrons. The van der Waals surface area contributed by atoms with E-state index in [1.807, 2.05) is 33.0 Å². The number of ether oxygens (including phenoxy) is 1. The van der Waals surface area contributed by atoms with Gasteiger partial charge in [-0.1, -0.05) is 42.5 Å². The quantitative estimate of drug-likeness (QED) is 0.521. The Morgan fingerprint density at radius 3 is 2.44 bits per heavy atom. The highest BCUT2D eigenvalue weighted by Crippen LogP contribution is 2.37. The molecule has 32 heavy (non-hydrogen) atoms. The number of hydrogen-bond acceptors (Lipinski definition) is 5. The van der Waals surface area contributed by atoms with E-state index in [9.17, 15) is 8.60 Å². The Morgan fingerprint density at radius 1 is 1.16 bits per heavy atom. The second kappa shape index (κ2) is 12.7. The number of nitrogens with two attached hydrogens (primary N) is 1. The number of benzene rings is 2. The monoisotopic (exact) mass is 463 g/mol. The predicted molar refractivity (Wildman–Crippen MR) is 128 cm³/mol. The summed E-state index contributed by atoms with van der Waals surface area (Å²) in [6, 6.07) is 14.8. The Hall–Kier alpha value is -2.29. The van der Waals surface area contributed by atoms with Gasteiger partial charge in [0.05, 0.1) is 0 Å². The molecule has 8 heteroatoms. The highest BCUT2D eigenvalue weighted by Gasteiger charge is 2.41. The van der Waals surface area contributed by atoms with Crippen LogP contribution in [0.5, 0.6) is 0 Å². The van der Waals surface area contributed by atoms with Crippen LogP contribution in [0.2, 0.25) is 0 Å². The lowest BCUT2D eigenvalue weighted by Crippen LogP contribution is -2.43. The Kier molecular flexibility index (Phi) is 10.3. The number of aliphatic hydroxyl groups is 1. The SMILES string of the molecule is CNCCCc1ccc(C2S(=O)N=C(N)OC2(C)C)cc1.OCCCc1ccccc1F. The van der Waals surface area contributed by atoms with Crippen LogP contribution in [0.1, 0.15) is 48.6 Å². The summed E-state index contributed by atoms with van der Waals surface area (Å²) in [6.45, 7) is 4.90. The van der Waals surface area contributed by atoms with Crippen molar-refractivity contribution in [2.24, 2.45) is 10.1 Å². The molecule has 2 aromatic carbocycles. The number of aliphatic hydroxyl groups excluding tert-OH is 1. The number of halogens is 1. The molecule has 0 bridgehead atoms. The van der Waals surface area contributed by atoms with Gasteiger partial charge in [-0.2, -0.15) is 0 Å². The fourth-order valence-corrected chi connectivity index (χ4v) is 4.79. The van der Waals surface area contributed by atoms with Gasteiger partial charge in [-0.15, -0.1) is 4.40 Å². The van der Waals surface area contributed by atoms with E-state index in [1.165, 1.54) is 11.6 Å². The Balaban J connectivity index is 0.000000278. The third-order valence-electron chi connectivity index (χ3n) is 5.12. The van der Waals surface area contributed by atoms with Crippen LogP contribution in [0.25, 0.3) is 0 Å². The molecular weight excluding hydrogens is 429 g/mol. The highest BCUT2D eigenvalue weighted by molar-refractivity contribution is 7.84. The van der Waals surface area contributed by atoms with Crippen molar-refractivity contribution in [1.29, 1.82) is 0 Å². The normalized spacial score (nSPS) is 19.3. The third-order valence-corrected chi connectivity index (χ3v) is 6.72. The highest BCUT2D eigenvalue weighted by atomic mass is 32.2. The van der Waals surface area contributed by atoms with E-state index in [-0.39, 0.29) is 23.7 Å². The first-order valence-electron chi connectivity index (χ1n) is 10.8. The van der Waals surface area contributed by atoms with Crippen molar-refractivity contribution in [2.45, 2.75) is 50.4 Å². The lowest BCUT2D eigenvalue weighted by atomic mass is 9.96. The molecule has 6 nitrogen and oxygen atoms in total. The minimum atomic E-state index is -1.41. The van der Waals surface area contributed by atoms with Crippen molar-refractivity contribution in [1.82, 2.24) is 5.32 Å². The first kappa shape index (κ1) is 26.0. The summed E-state index contributed by atoms with van der Waals surface area (Å²) in [5.41, 5.74) is 7.85. The zero-order chi connectivity index (χ0) is 23.6. The lowest BCUT2D eigenvalue weighted by Gasteiger charge is -2.35. The van der Waals surface area contributed by atoms with Gasteiger partial charge in [-0.05, 0) is 75.9 Å². The molecule has 1 heterocycles. The number of aryl methyl sites for hydroxylation is 2. The molecule has 0 spiro atoms. The summed E-state index contributed by atoms with van der Waals surface area (Å²) in [5, 5.41) is 11.3. The number of nitrogens with zero attached hydrogens (tertiary/aromatic N) is 1. The van der Waals surface area contributed by atoms with Gasteiger partial charge >= 0.3 is 0 Å². The third kappa shape index (κ3) is 7.69. The van der Waals surface area contributed by atoms with Crippen molar-refractivity contribution in [2.75, 3.05) is 20.2 Å². The predicted octanol–water partition coefficient (Wildman–Crippen LogP) is 3.42. The molecule has 4 N–H and O–H groups in total. The fourth-order valence-electron chi connectivity index (χ4n) is 3.54. The van der Waals surface area contributed by atoms with Gasteiger partial charge in [0.1, 0.15) is 16.7 Å². The molecule has 0 fully saturated rings. The molecule has 0 saturated heterocycles. The van der Waals surface area contributed by atoms with Crippen LogP contribution in [0.3, 0.4) is 0 Å². The lowest BCUT2D eigenvalue weighted by molar-refractivity contribution is 0.0848. The molecule has 0 radical (unpaired) electrons. The Labute approximate surface area is 192 Å². The van der Waals surface area contributed by atoms with Crippen LogP contribution >= 0.6 is 0 Å². The van der Waals surface area contributed by atoms with Crippen molar-refractivity contribution in [3.8, 4) is 0 Å². The molecule has 1 aliphatic rings. The number of rotatable bonds is 8. The molecule has 0 saturated carbocycles. The zero-order valence-electron chi connectivity index (χ0n) is 19.0. The largest absolute Gasteiger partial charge is 0.457 e. The average molecular weight is 464 g/mol. The van der Waals surface area contributed by atoms with Gasteiger partial charge in [0.25, 0.3) is 6.02 Å². The van der Waals surface area contributed by atoms with Gasteiger partial charge in [0, 0.05) is 6.61 Å². The van der Waals surface area contributed by atoms with E-state index in [0.717, 1.165) is 24.9 Å². The van der Waals surface area contributed by atoms with E-state index in [4.69, 9.17) is 15.6 Å². The maximum Gasteiger partial charge on any atom is 0.296 e. The first-order chi connectivity index (χ1) is 15.3. The molecule has 3 rings (SSSR count). The molecule has 1 aliphatic heterocycles. The van der Waals surface area contributed by atoms with E-state index in [0.29, 0.717) is 18.4 Å². The summed E-state index contributed by atoms with van der Waals surface area (Å²) in [7, 11) is 0.540. The van der Waals surface area contributed by atoms with Crippen LogP contribution in [-0.4, -0.2) is 41.1 Å². The summed E-state index contributed by atoms with van der Waals surface area (Å²) in [5.74, 6) is -0.180. The van der Waals surface area contributed by atoms with Crippen molar-refractivity contribution in [3.63, 3.8) is 0 Å². The van der Waals surface area contributed by atoms with Crippen LogP contribution < -0.4 is 11.1 Å². The standard InChI is InChI=1S/C15H23N3O2S.C9H11FO/c1-15(2)13(21(19)18-14(16)20-15)12-8-6-11(7-9-12)5-4-10-17-3;10-9-6-2-1-4-8(9)5-3-7-11/h6-9,13,17H,4-5,10H2,1-3H3,(H2,16,18);1-2,4,6,11H,3,5,7H2. The van der Waals surface area contributed by atoms with Gasteiger partial charge in [0.15, 0.2) is 11.0 Å². The number of amidine groups is 1. The topological polar surface area (TPSA) is 96.9 Å². The Morgan fingerprint density at radius 2 is 1.84 bits per heavy atom. The molecule has 2 aromatic rings. The smallest absolute Gasteiger partial charge is 0.296 e. The summed E-state index contributed by atoms with van der Waals surface area (Å²) < 4.78 is 34.5. The van der Waals surface area contributed by atoms with Crippen LogP contribution in [0.15, 0.2) is 52.9 Å². The van der Waals surface area contributed by atoms with Crippen LogP contribution in [-0.2, 0) is 28.6 Å². The molecule has 0 aromatic heterocycles. The molecule has 0 amide bonds. The second-order valence-electron chi connectivity index (χ2n) is 8.16. The van der Waals surface area contributed by atoms with Crippen LogP contribution in [0.4, 0.5) is 4.39 Å². The molecule has 2 unspecified atom stereocenters. The van der Waals surface area contributed by atoms with E-state index in [2.05, 4.69) is 21.8 Å². The molecule has 2 atom stereocenters. The summed E-state index contributed by atoms with van der Waals surface area (Å²) in [4.78, 5) is 0. The average Bonchev–Trinajstić information content (AvgIpc) is 2.74. The van der Waals surface area contributed by atoms with Crippen molar-refractivity contribution in [3.05, 3.63) is 71.0 Å². The summed E-state index contributed by atoms with van der Waals surface area (Å²) in [6.07, 6.45) is 3.37. The van der Waals surface area contributed by atoms with Gasteiger partial charge in [-0.25, -0.2) is 8.60 Å². The van der Waals surface area contributed by atoms with Gasteiger partial charge in [-0.3, -0.25) is 0 Å². The minimum Gasteiger partial charge on any atom is -0.457 e. The van der Waals surface area contributed by atoms with Crippen molar-refractivity contribution >= 4 is 17.0 Å². The molecule has 0 aliphatic carbocycles. The van der Waals surface area contributed by atoms with Gasteiger partial charge < -0.3 is 20.9 Å². The first-order valence-corrected chi connectivity index (χ1v) is 12.0.